The zero-order valence-corrected chi connectivity index (χ0v) is 13.4. The standard InChI is InChI=1S/C17H21N3OS/c21-17(20-9-4-7-18-8-10-20)12-15-13-22-16(19-15)11-14-5-2-1-3-6-14/h1-3,5-6,13,18H,4,7-12H2. The molecule has 4 nitrogen and oxygen atoms in total. The number of carbonyl (C=O) groups excluding carboxylic acids is 1. The molecule has 1 amide bonds. The summed E-state index contributed by atoms with van der Waals surface area (Å²) in [5.74, 6) is 0.195. The van der Waals surface area contributed by atoms with E-state index in [9.17, 15) is 4.79 Å². The molecule has 0 unspecified atom stereocenters. The Hall–Kier alpha value is -1.72. The van der Waals surface area contributed by atoms with Gasteiger partial charge >= 0.3 is 0 Å². The average Bonchev–Trinajstić information content (AvgIpc) is 2.80. The Morgan fingerprint density at radius 3 is 2.95 bits per heavy atom. The molecule has 0 spiro atoms. The highest BCUT2D eigenvalue weighted by atomic mass is 32.1. The fourth-order valence-electron chi connectivity index (χ4n) is 2.64. The third kappa shape index (κ3) is 4.15. The molecule has 0 radical (unpaired) electrons. The lowest BCUT2D eigenvalue weighted by atomic mass is 10.2. The third-order valence-corrected chi connectivity index (χ3v) is 4.72. The van der Waals surface area contributed by atoms with Gasteiger partial charge in [-0.3, -0.25) is 4.79 Å². The van der Waals surface area contributed by atoms with Gasteiger partial charge in [0.15, 0.2) is 0 Å². The zero-order valence-electron chi connectivity index (χ0n) is 12.6. The van der Waals surface area contributed by atoms with E-state index in [1.165, 1.54) is 5.56 Å². The Kier molecular flexibility index (Phi) is 5.19. The van der Waals surface area contributed by atoms with Gasteiger partial charge in [0.2, 0.25) is 5.91 Å². The first-order chi connectivity index (χ1) is 10.8. The number of aromatic nitrogens is 1. The maximum absolute atomic E-state index is 12.4. The Morgan fingerprint density at radius 1 is 1.23 bits per heavy atom. The predicted molar refractivity (Wildman–Crippen MR) is 89.1 cm³/mol. The van der Waals surface area contributed by atoms with E-state index in [0.717, 1.165) is 49.7 Å². The van der Waals surface area contributed by atoms with Crippen molar-refractivity contribution in [3.05, 3.63) is 52.0 Å². The number of nitrogens with zero attached hydrogens (tertiary/aromatic N) is 2. The largest absolute Gasteiger partial charge is 0.341 e. The number of hydrogen-bond acceptors (Lipinski definition) is 4. The monoisotopic (exact) mass is 315 g/mol. The van der Waals surface area contributed by atoms with Crippen molar-refractivity contribution in [2.24, 2.45) is 0 Å². The van der Waals surface area contributed by atoms with Crippen LogP contribution in [0.25, 0.3) is 0 Å². The lowest BCUT2D eigenvalue weighted by molar-refractivity contribution is -0.130. The molecule has 2 heterocycles. The molecule has 0 aliphatic carbocycles. The summed E-state index contributed by atoms with van der Waals surface area (Å²) in [6, 6.07) is 10.3. The van der Waals surface area contributed by atoms with Crippen LogP contribution in [0.3, 0.4) is 0 Å². The lowest BCUT2D eigenvalue weighted by Crippen LogP contribution is -2.35. The Labute approximate surface area is 135 Å². The van der Waals surface area contributed by atoms with Crippen LogP contribution >= 0.6 is 11.3 Å². The Bertz CT molecular complexity index is 603. The topological polar surface area (TPSA) is 45.2 Å². The molecule has 1 saturated heterocycles. The van der Waals surface area contributed by atoms with Gasteiger partial charge in [0, 0.05) is 31.4 Å². The van der Waals surface area contributed by atoms with E-state index in [-0.39, 0.29) is 5.91 Å². The van der Waals surface area contributed by atoms with Gasteiger partial charge in [-0.15, -0.1) is 11.3 Å². The van der Waals surface area contributed by atoms with Crippen LogP contribution in [-0.2, 0) is 17.6 Å². The van der Waals surface area contributed by atoms with E-state index in [4.69, 9.17) is 0 Å². The summed E-state index contributed by atoms with van der Waals surface area (Å²) in [6.07, 6.45) is 2.29. The van der Waals surface area contributed by atoms with Crippen LogP contribution < -0.4 is 5.32 Å². The van der Waals surface area contributed by atoms with Crippen molar-refractivity contribution in [2.75, 3.05) is 26.2 Å². The molecule has 22 heavy (non-hydrogen) atoms. The molecule has 1 aliphatic rings. The minimum atomic E-state index is 0.195. The van der Waals surface area contributed by atoms with Gasteiger partial charge in [-0.05, 0) is 18.5 Å². The SMILES string of the molecule is O=C(Cc1csc(Cc2ccccc2)n1)N1CCCNCC1. The molecule has 0 saturated carbocycles. The maximum Gasteiger partial charge on any atom is 0.228 e. The van der Waals surface area contributed by atoms with Gasteiger partial charge in [-0.2, -0.15) is 0 Å². The third-order valence-electron chi connectivity index (χ3n) is 3.82. The molecular weight excluding hydrogens is 294 g/mol. The second-order valence-electron chi connectivity index (χ2n) is 5.56. The van der Waals surface area contributed by atoms with Gasteiger partial charge in [-0.25, -0.2) is 4.98 Å². The quantitative estimate of drug-likeness (QED) is 0.940. The molecular formula is C17H21N3OS. The van der Waals surface area contributed by atoms with Crippen LogP contribution in [0.5, 0.6) is 0 Å². The van der Waals surface area contributed by atoms with Gasteiger partial charge in [0.25, 0.3) is 0 Å². The molecule has 1 aromatic heterocycles. The second kappa shape index (κ2) is 7.51. The number of rotatable bonds is 4. The van der Waals surface area contributed by atoms with E-state index in [0.29, 0.717) is 6.42 Å². The highest BCUT2D eigenvalue weighted by Crippen LogP contribution is 2.15. The Morgan fingerprint density at radius 2 is 2.09 bits per heavy atom. The fraction of sp³-hybridized carbons (Fsp3) is 0.412. The minimum Gasteiger partial charge on any atom is -0.341 e. The van der Waals surface area contributed by atoms with E-state index >= 15 is 0 Å². The molecule has 1 aromatic carbocycles. The highest BCUT2D eigenvalue weighted by molar-refractivity contribution is 7.09. The van der Waals surface area contributed by atoms with Crippen LogP contribution in [0.15, 0.2) is 35.7 Å². The van der Waals surface area contributed by atoms with Gasteiger partial charge in [0.1, 0.15) is 0 Å². The van der Waals surface area contributed by atoms with Crippen molar-refractivity contribution in [1.82, 2.24) is 15.2 Å². The number of benzene rings is 1. The summed E-state index contributed by atoms with van der Waals surface area (Å²) in [7, 11) is 0. The van der Waals surface area contributed by atoms with Crippen LogP contribution in [0, 0.1) is 0 Å². The molecule has 0 atom stereocenters. The summed E-state index contributed by atoms with van der Waals surface area (Å²) in [5.41, 5.74) is 2.16. The van der Waals surface area contributed by atoms with E-state index in [1.54, 1.807) is 11.3 Å². The molecule has 3 rings (SSSR count). The van der Waals surface area contributed by atoms with Gasteiger partial charge in [0.05, 0.1) is 17.1 Å². The van der Waals surface area contributed by atoms with Crippen molar-refractivity contribution < 1.29 is 4.79 Å². The summed E-state index contributed by atoms with van der Waals surface area (Å²) in [6.45, 7) is 3.55. The van der Waals surface area contributed by atoms with Crippen LogP contribution in [0.1, 0.15) is 22.7 Å². The highest BCUT2D eigenvalue weighted by Gasteiger charge is 2.16. The summed E-state index contributed by atoms with van der Waals surface area (Å²) in [5, 5.41) is 6.42. The van der Waals surface area contributed by atoms with Crippen molar-refractivity contribution >= 4 is 17.2 Å². The molecule has 2 aromatic rings. The molecule has 5 heteroatoms. The number of carbonyl (C=O) groups is 1. The fourth-order valence-corrected chi connectivity index (χ4v) is 3.47. The average molecular weight is 315 g/mol. The molecule has 0 bridgehead atoms. The second-order valence-corrected chi connectivity index (χ2v) is 6.50. The number of amides is 1. The van der Waals surface area contributed by atoms with Crippen molar-refractivity contribution in [3.63, 3.8) is 0 Å². The van der Waals surface area contributed by atoms with Crippen LogP contribution in [0.4, 0.5) is 0 Å². The Balaban J connectivity index is 1.58. The number of thiazole rings is 1. The van der Waals surface area contributed by atoms with E-state index < -0.39 is 0 Å². The molecule has 1 aliphatic heterocycles. The van der Waals surface area contributed by atoms with Crippen LogP contribution in [-0.4, -0.2) is 42.0 Å². The van der Waals surface area contributed by atoms with Crippen molar-refractivity contribution in [2.45, 2.75) is 19.3 Å². The molecule has 116 valence electrons. The smallest absolute Gasteiger partial charge is 0.228 e. The molecule has 1 N–H and O–H groups in total. The number of nitrogens with one attached hydrogen (secondary N) is 1. The summed E-state index contributed by atoms with van der Waals surface area (Å²) < 4.78 is 0. The van der Waals surface area contributed by atoms with E-state index in [1.807, 2.05) is 28.5 Å². The van der Waals surface area contributed by atoms with Gasteiger partial charge < -0.3 is 10.2 Å². The normalized spacial score (nSPS) is 15.5. The van der Waals surface area contributed by atoms with Gasteiger partial charge in [-0.1, -0.05) is 30.3 Å². The summed E-state index contributed by atoms with van der Waals surface area (Å²) >= 11 is 1.64. The zero-order chi connectivity index (χ0) is 15.2. The molecule has 1 fully saturated rings. The van der Waals surface area contributed by atoms with Crippen molar-refractivity contribution in [1.29, 1.82) is 0 Å². The first-order valence-corrected chi connectivity index (χ1v) is 8.65. The van der Waals surface area contributed by atoms with E-state index in [2.05, 4.69) is 22.4 Å². The summed E-state index contributed by atoms with van der Waals surface area (Å²) in [4.78, 5) is 18.9. The predicted octanol–water partition coefficient (Wildman–Crippen LogP) is 2.10. The first kappa shape index (κ1) is 15.2. The minimum absolute atomic E-state index is 0.195. The van der Waals surface area contributed by atoms with Crippen molar-refractivity contribution in [3.8, 4) is 0 Å². The first-order valence-electron chi connectivity index (χ1n) is 7.77. The number of hydrogen-bond donors (Lipinski definition) is 1. The lowest BCUT2D eigenvalue weighted by Gasteiger charge is -2.19. The van der Waals surface area contributed by atoms with Crippen LogP contribution in [0.2, 0.25) is 0 Å². The maximum atomic E-state index is 12.4.